The number of benzene rings is 1. The Morgan fingerprint density at radius 1 is 1.29 bits per heavy atom. The van der Waals surface area contributed by atoms with E-state index in [1.807, 2.05) is 32.0 Å². The second kappa shape index (κ2) is 12.2. The topological polar surface area (TPSA) is 126 Å². The standard InChI is InChI=1S/C25H36N8O/c1-18(23(34)15-28-3)19(2)31-25(22-5-4-10-30-24(22)27)33(17-26)21-8-6-20(7-9-21)16-32-13-11-29-12-14-32/h4-10,15,17-19,26,28-29,34H,11-14,16H2,1-3H3,(H2,27,30)/b23-15?,26-17?,31-25-/t18-,19+/m1/s1. The highest BCUT2D eigenvalue weighted by molar-refractivity contribution is 6.20. The Morgan fingerprint density at radius 2 is 2.00 bits per heavy atom. The number of aliphatic imine (C=N–C) groups is 1. The Labute approximate surface area is 201 Å². The lowest BCUT2D eigenvalue weighted by Crippen LogP contribution is -2.42. The molecule has 182 valence electrons. The summed E-state index contributed by atoms with van der Waals surface area (Å²) in [4.78, 5) is 13.2. The zero-order chi connectivity index (χ0) is 24.5. The van der Waals surface area contributed by atoms with Gasteiger partial charge in [0.2, 0.25) is 0 Å². The summed E-state index contributed by atoms with van der Waals surface area (Å²) in [5.74, 6) is 0.801. The highest BCUT2D eigenvalue weighted by Crippen LogP contribution is 2.23. The number of pyridine rings is 1. The molecule has 3 rings (SSSR count). The first kappa shape index (κ1) is 25.2. The number of aliphatic hydroxyl groups excluding tert-OH is 1. The van der Waals surface area contributed by atoms with Gasteiger partial charge < -0.3 is 21.5 Å². The van der Waals surface area contributed by atoms with Crippen LogP contribution in [0.1, 0.15) is 25.0 Å². The molecule has 0 amide bonds. The summed E-state index contributed by atoms with van der Waals surface area (Å²) in [7, 11) is 1.74. The van der Waals surface area contributed by atoms with Crippen LogP contribution in [0.2, 0.25) is 0 Å². The van der Waals surface area contributed by atoms with E-state index in [0.29, 0.717) is 17.2 Å². The van der Waals surface area contributed by atoms with Crippen molar-refractivity contribution in [1.29, 1.82) is 5.41 Å². The van der Waals surface area contributed by atoms with Crippen LogP contribution in [0.5, 0.6) is 0 Å². The van der Waals surface area contributed by atoms with Gasteiger partial charge in [-0.15, -0.1) is 0 Å². The predicted octanol–water partition coefficient (Wildman–Crippen LogP) is 2.57. The number of aliphatic hydroxyl groups is 1. The van der Waals surface area contributed by atoms with E-state index in [1.165, 1.54) is 11.9 Å². The molecule has 9 nitrogen and oxygen atoms in total. The van der Waals surface area contributed by atoms with Gasteiger partial charge in [0.1, 0.15) is 17.4 Å². The average Bonchev–Trinajstić information content (AvgIpc) is 2.85. The fraction of sp³-hybridized carbons (Fsp3) is 0.400. The number of rotatable bonds is 9. The number of anilines is 2. The third kappa shape index (κ3) is 6.33. The molecule has 1 saturated heterocycles. The molecule has 0 radical (unpaired) electrons. The molecule has 1 aromatic carbocycles. The molecule has 1 aromatic heterocycles. The molecule has 0 bridgehead atoms. The van der Waals surface area contributed by atoms with Crippen molar-refractivity contribution in [2.24, 2.45) is 10.9 Å². The van der Waals surface area contributed by atoms with Crippen molar-refractivity contribution >= 4 is 23.7 Å². The van der Waals surface area contributed by atoms with Gasteiger partial charge in [0, 0.05) is 63.8 Å². The molecule has 1 aliphatic rings. The number of nitrogens with zero attached hydrogens (tertiary/aromatic N) is 4. The van der Waals surface area contributed by atoms with Crippen LogP contribution in [0.4, 0.5) is 11.5 Å². The number of nitrogens with one attached hydrogen (secondary N) is 3. The molecule has 0 aliphatic carbocycles. The van der Waals surface area contributed by atoms with Crippen LogP contribution < -0.4 is 21.3 Å². The Hall–Kier alpha value is -3.43. The first-order valence-electron chi connectivity index (χ1n) is 11.6. The predicted molar refractivity (Wildman–Crippen MR) is 139 cm³/mol. The van der Waals surface area contributed by atoms with Crippen molar-refractivity contribution in [3.63, 3.8) is 0 Å². The first-order chi connectivity index (χ1) is 16.4. The molecule has 1 fully saturated rings. The van der Waals surface area contributed by atoms with E-state index in [2.05, 4.69) is 32.7 Å². The molecule has 2 heterocycles. The molecule has 0 spiro atoms. The largest absolute Gasteiger partial charge is 0.510 e. The van der Waals surface area contributed by atoms with Gasteiger partial charge in [0.25, 0.3) is 0 Å². The Balaban J connectivity index is 1.93. The van der Waals surface area contributed by atoms with Crippen LogP contribution in [0.25, 0.3) is 0 Å². The fourth-order valence-corrected chi connectivity index (χ4v) is 3.85. The van der Waals surface area contributed by atoms with E-state index in [0.717, 1.165) is 38.4 Å². The smallest absolute Gasteiger partial charge is 0.144 e. The highest BCUT2D eigenvalue weighted by Gasteiger charge is 2.22. The van der Waals surface area contributed by atoms with Gasteiger partial charge in [0.05, 0.1) is 17.9 Å². The SMILES string of the molecule is CNC=C(O)[C@H](C)[C@H](C)/N=C(/c1cccnc1N)N(C=N)c1ccc(CN2CCNCC2)cc1. The summed E-state index contributed by atoms with van der Waals surface area (Å²) < 4.78 is 0. The summed E-state index contributed by atoms with van der Waals surface area (Å²) in [5.41, 5.74) is 8.86. The van der Waals surface area contributed by atoms with Crippen molar-refractivity contribution in [2.75, 3.05) is 43.9 Å². The lowest BCUT2D eigenvalue weighted by atomic mass is 10.0. The van der Waals surface area contributed by atoms with Gasteiger partial charge in [-0.1, -0.05) is 19.1 Å². The maximum Gasteiger partial charge on any atom is 0.144 e. The van der Waals surface area contributed by atoms with Crippen LogP contribution in [0.3, 0.4) is 0 Å². The second-order valence-electron chi connectivity index (χ2n) is 8.47. The second-order valence-corrected chi connectivity index (χ2v) is 8.47. The molecule has 0 unspecified atom stereocenters. The number of nitrogens with two attached hydrogens (primary N) is 1. The van der Waals surface area contributed by atoms with E-state index in [-0.39, 0.29) is 17.7 Å². The van der Waals surface area contributed by atoms with Crippen molar-refractivity contribution in [3.8, 4) is 0 Å². The minimum absolute atomic E-state index is 0.205. The molecular formula is C25H36N8O. The summed E-state index contributed by atoms with van der Waals surface area (Å²) in [5, 5.41) is 24.7. The Bertz CT molecular complexity index is 998. The minimum atomic E-state index is -0.284. The van der Waals surface area contributed by atoms with Crippen LogP contribution in [-0.2, 0) is 6.54 Å². The Kier molecular flexibility index (Phi) is 9.00. The van der Waals surface area contributed by atoms with E-state index in [1.54, 1.807) is 30.4 Å². The van der Waals surface area contributed by atoms with Crippen LogP contribution in [0.15, 0.2) is 59.5 Å². The van der Waals surface area contributed by atoms with Crippen LogP contribution in [-0.4, -0.2) is 66.4 Å². The fourth-order valence-electron chi connectivity index (χ4n) is 3.85. The third-order valence-corrected chi connectivity index (χ3v) is 6.08. The molecule has 6 N–H and O–H groups in total. The molecule has 2 atom stereocenters. The quantitative estimate of drug-likeness (QED) is 0.219. The zero-order valence-corrected chi connectivity index (χ0v) is 20.2. The lowest BCUT2D eigenvalue weighted by Gasteiger charge is -2.28. The number of piperazine rings is 1. The van der Waals surface area contributed by atoms with Crippen LogP contribution >= 0.6 is 0 Å². The number of hydrogen-bond acceptors (Lipinski definition) is 8. The molecule has 9 heteroatoms. The lowest BCUT2D eigenvalue weighted by molar-refractivity contribution is 0.233. The van der Waals surface area contributed by atoms with Gasteiger partial charge in [-0.05, 0) is 36.8 Å². The van der Waals surface area contributed by atoms with E-state index < -0.39 is 0 Å². The monoisotopic (exact) mass is 464 g/mol. The summed E-state index contributed by atoms with van der Waals surface area (Å²) >= 11 is 0. The number of amidine groups is 1. The number of hydrogen-bond donors (Lipinski definition) is 5. The number of aromatic nitrogens is 1. The molecule has 1 aliphatic heterocycles. The maximum absolute atomic E-state index is 10.3. The first-order valence-corrected chi connectivity index (χ1v) is 11.6. The van der Waals surface area contributed by atoms with Crippen molar-refractivity contribution in [3.05, 3.63) is 65.7 Å². The average molecular weight is 465 g/mol. The van der Waals surface area contributed by atoms with E-state index in [9.17, 15) is 5.11 Å². The van der Waals surface area contributed by atoms with Gasteiger partial charge >= 0.3 is 0 Å². The molecule has 34 heavy (non-hydrogen) atoms. The van der Waals surface area contributed by atoms with Gasteiger partial charge in [-0.3, -0.25) is 20.2 Å². The van der Waals surface area contributed by atoms with Crippen molar-refractivity contribution < 1.29 is 5.11 Å². The normalized spacial score (nSPS) is 17.1. The van der Waals surface area contributed by atoms with Gasteiger partial charge in [0.15, 0.2) is 0 Å². The van der Waals surface area contributed by atoms with Gasteiger partial charge in [-0.2, -0.15) is 0 Å². The molecule has 0 saturated carbocycles. The number of nitrogen functional groups attached to an aromatic ring is 1. The zero-order valence-electron chi connectivity index (χ0n) is 20.2. The summed E-state index contributed by atoms with van der Waals surface area (Å²) in [6.45, 7) is 8.83. The summed E-state index contributed by atoms with van der Waals surface area (Å²) in [6.07, 6.45) is 4.42. The summed E-state index contributed by atoms with van der Waals surface area (Å²) in [6, 6.07) is 11.5. The van der Waals surface area contributed by atoms with Crippen LogP contribution in [0, 0.1) is 11.3 Å². The van der Waals surface area contributed by atoms with Crippen molar-refractivity contribution in [1.82, 2.24) is 20.5 Å². The van der Waals surface area contributed by atoms with Crippen molar-refractivity contribution in [2.45, 2.75) is 26.4 Å². The Morgan fingerprint density at radius 3 is 2.62 bits per heavy atom. The maximum atomic E-state index is 10.3. The van der Waals surface area contributed by atoms with E-state index >= 15 is 0 Å². The van der Waals surface area contributed by atoms with E-state index in [4.69, 9.17) is 16.1 Å². The minimum Gasteiger partial charge on any atom is -0.510 e. The highest BCUT2D eigenvalue weighted by atomic mass is 16.3. The third-order valence-electron chi connectivity index (χ3n) is 6.08. The molecular weight excluding hydrogens is 428 g/mol. The molecule has 2 aromatic rings. The van der Waals surface area contributed by atoms with Gasteiger partial charge in [-0.25, -0.2) is 4.98 Å².